The van der Waals surface area contributed by atoms with E-state index in [-0.39, 0.29) is 5.69 Å². The summed E-state index contributed by atoms with van der Waals surface area (Å²) in [6, 6.07) is 2.95. The fourth-order valence-electron chi connectivity index (χ4n) is 3.59. The largest absolute Gasteiger partial charge is 0.369 e. The number of nitrogens with zero attached hydrogens (tertiary/aromatic N) is 3. The summed E-state index contributed by atoms with van der Waals surface area (Å²) in [5.41, 5.74) is 0.00441. The highest BCUT2D eigenvalue weighted by molar-refractivity contribution is 9.10. The van der Waals surface area contributed by atoms with Gasteiger partial charge in [0.15, 0.2) is 0 Å². The maximum Gasteiger partial charge on any atom is 0.288 e. The molecule has 2 aliphatic rings. The summed E-state index contributed by atoms with van der Waals surface area (Å²) in [5.74, 6) is 1.34. The topological polar surface area (TPSA) is 71.3 Å². The van der Waals surface area contributed by atoms with Crippen LogP contribution in [-0.4, -0.2) is 40.5 Å². The van der Waals surface area contributed by atoms with Gasteiger partial charge in [-0.15, -0.1) is 0 Å². The molecule has 21 heavy (non-hydrogen) atoms. The monoisotopic (exact) mass is 354 g/mol. The second-order valence-electron chi connectivity index (χ2n) is 6.05. The average Bonchev–Trinajstić information content (AvgIpc) is 2.68. The number of anilines is 1. The van der Waals surface area contributed by atoms with Gasteiger partial charge in [0.25, 0.3) is 5.69 Å². The highest BCUT2D eigenvalue weighted by Gasteiger charge is 2.38. The van der Waals surface area contributed by atoms with Gasteiger partial charge >= 0.3 is 0 Å². The van der Waals surface area contributed by atoms with Crippen molar-refractivity contribution in [2.45, 2.75) is 37.8 Å². The molecule has 2 fully saturated rings. The number of aromatic nitrogens is 1. The van der Waals surface area contributed by atoms with Crippen LogP contribution in [0.5, 0.6) is 0 Å². The SMILES string of the molecule is CN1C2CCC1CC(CNc1ncc([N+](=O)[O-])cc1Br)C2. The molecule has 2 saturated heterocycles. The zero-order valence-corrected chi connectivity index (χ0v) is 13.5. The number of fused-ring (bicyclic) bond motifs is 2. The fourth-order valence-corrected chi connectivity index (χ4v) is 4.07. The van der Waals surface area contributed by atoms with Crippen molar-refractivity contribution in [3.63, 3.8) is 0 Å². The molecule has 3 heterocycles. The Kier molecular flexibility index (Phi) is 4.12. The standard InChI is InChI=1S/C14H19BrN4O2/c1-18-10-2-3-11(18)5-9(4-10)7-16-14-13(15)6-12(8-17-14)19(20)21/h6,8-11H,2-5,7H2,1H3,(H,16,17). The second kappa shape index (κ2) is 5.88. The summed E-state index contributed by atoms with van der Waals surface area (Å²) < 4.78 is 0.646. The molecule has 0 aliphatic carbocycles. The molecule has 6 nitrogen and oxygen atoms in total. The lowest BCUT2D eigenvalue weighted by molar-refractivity contribution is -0.385. The van der Waals surface area contributed by atoms with Crippen LogP contribution < -0.4 is 5.32 Å². The smallest absolute Gasteiger partial charge is 0.288 e. The first-order chi connectivity index (χ1) is 10.0. The zero-order valence-electron chi connectivity index (χ0n) is 12.0. The van der Waals surface area contributed by atoms with Crippen molar-refractivity contribution in [2.24, 2.45) is 5.92 Å². The van der Waals surface area contributed by atoms with Crippen molar-refractivity contribution < 1.29 is 4.92 Å². The van der Waals surface area contributed by atoms with Crippen LogP contribution in [0.4, 0.5) is 11.5 Å². The van der Waals surface area contributed by atoms with Crippen molar-refractivity contribution in [2.75, 3.05) is 18.9 Å². The maximum atomic E-state index is 10.7. The van der Waals surface area contributed by atoms with E-state index in [0.29, 0.717) is 16.2 Å². The van der Waals surface area contributed by atoms with Gasteiger partial charge in [-0.05, 0) is 54.6 Å². The van der Waals surface area contributed by atoms with Crippen molar-refractivity contribution in [3.05, 3.63) is 26.9 Å². The van der Waals surface area contributed by atoms with E-state index < -0.39 is 4.92 Å². The van der Waals surface area contributed by atoms with Gasteiger partial charge in [0, 0.05) is 24.7 Å². The van der Waals surface area contributed by atoms with Crippen LogP contribution in [0, 0.1) is 16.0 Å². The minimum Gasteiger partial charge on any atom is -0.369 e. The van der Waals surface area contributed by atoms with Crippen molar-refractivity contribution in [1.82, 2.24) is 9.88 Å². The van der Waals surface area contributed by atoms with Crippen molar-refractivity contribution >= 4 is 27.4 Å². The Bertz CT molecular complexity index is 540. The molecule has 3 rings (SSSR count). The molecule has 0 saturated carbocycles. The lowest BCUT2D eigenvalue weighted by atomic mass is 9.91. The van der Waals surface area contributed by atoms with Gasteiger partial charge in [-0.25, -0.2) is 4.98 Å². The Morgan fingerprint density at radius 2 is 2.14 bits per heavy atom. The van der Waals surface area contributed by atoms with Crippen LogP contribution in [0.2, 0.25) is 0 Å². The third-order valence-corrected chi connectivity index (χ3v) is 5.40. The van der Waals surface area contributed by atoms with Gasteiger partial charge < -0.3 is 10.2 Å². The van der Waals surface area contributed by atoms with E-state index in [4.69, 9.17) is 0 Å². The minimum absolute atomic E-state index is 0.00441. The predicted molar refractivity (Wildman–Crippen MR) is 84.4 cm³/mol. The molecule has 114 valence electrons. The molecule has 1 aromatic rings. The summed E-state index contributed by atoms with van der Waals surface area (Å²) in [7, 11) is 2.24. The van der Waals surface area contributed by atoms with E-state index in [1.807, 2.05) is 0 Å². The highest BCUT2D eigenvalue weighted by Crippen LogP contribution is 2.37. The van der Waals surface area contributed by atoms with Gasteiger partial charge in [-0.3, -0.25) is 10.1 Å². The number of hydrogen-bond acceptors (Lipinski definition) is 5. The number of halogens is 1. The summed E-state index contributed by atoms with van der Waals surface area (Å²) in [4.78, 5) is 16.9. The van der Waals surface area contributed by atoms with Gasteiger partial charge in [-0.1, -0.05) is 0 Å². The van der Waals surface area contributed by atoms with E-state index >= 15 is 0 Å². The lowest BCUT2D eigenvalue weighted by Gasteiger charge is -2.36. The molecule has 0 amide bonds. The minimum atomic E-state index is -0.434. The number of nitrogens with one attached hydrogen (secondary N) is 1. The third kappa shape index (κ3) is 3.03. The molecule has 1 N–H and O–H groups in total. The van der Waals surface area contributed by atoms with E-state index in [0.717, 1.165) is 18.6 Å². The number of hydrogen-bond donors (Lipinski definition) is 1. The van der Waals surface area contributed by atoms with Crippen LogP contribution in [0.1, 0.15) is 25.7 Å². The third-order valence-electron chi connectivity index (χ3n) is 4.79. The number of nitro groups is 1. The zero-order chi connectivity index (χ0) is 15.0. The normalized spacial score (nSPS) is 28.6. The molecule has 0 aromatic carbocycles. The number of piperidine rings is 1. The second-order valence-corrected chi connectivity index (χ2v) is 6.90. The summed E-state index contributed by atoms with van der Waals surface area (Å²) in [6.45, 7) is 0.879. The fraction of sp³-hybridized carbons (Fsp3) is 0.643. The first kappa shape index (κ1) is 14.7. The molecule has 0 spiro atoms. The molecule has 2 aliphatic heterocycles. The molecule has 0 radical (unpaired) electrons. The van der Waals surface area contributed by atoms with Crippen LogP contribution in [0.15, 0.2) is 16.7 Å². The van der Waals surface area contributed by atoms with Crippen LogP contribution >= 0.6 is 15.9 Å². The number of pyridine rings is 1. The Morgan fingerprint density at radius 3 is 2.71 bits per heavy atom. The molecule has 2 bridgehead atoms. The Hall–Kier alpha value is -1.21. The van der Waals surface area contributed by atoms with E-state index in [2.05, 4.69) is 38.2 Å². The number of rotatable bonds is 4. The van der Waals surface area contributed by atoms with Crippen molar-refractivity contribution in [3.8, 4) is 0 Å². The van der Waals surface area contributed by atoms with Gasteiger partial charge in [0.2, 0.25) is 0 Å². The average molecular weight is 355 g/mol. The van der Waals surface area contributed by atoms with E-state index in [1.165, 1.54) is 37.9 Å². The molecule has 2 atom stereocenters. The Balaban J connectivity index is 1.60. The van der Waals surface area contributed by atoms with Crippen molar-refractivity contribution in [1.29, 1.82) is 0 Å². The first-order valence-electron chi connectivity index (χ1n) is 7.30. The van der Waals surface area contributed by atoms with Crippen LogP contribution in [0.3, 0.4) is 0 Å². The van der Waals surface area contributed by atoms with Gasteiger partial charge in [0.1, 0.15) is 12.0 Å². The van der Waals surface area contributed by atoms with Gasteiger partial charge in [0.05, 0.1) is 9.40 Å². The first-order valence-corrected chi connectivity index (χ1v) is 8.09. The summed E-state index contributed by atoms with van der Waals surface area (Å²) in [6.07, 6.45) is 6.38. The molecule has 7 heteroatoms. The molecular formula is C14H19BrN4O2. The summed E-state index contributed by atoms with van der Waals surface area (Å²) >= 11 is 3.35. The highest BCUT2D eigenvalue weighted by atomic mass is 79.9. The molecular weight excluding hydrogens is 336 g/mol. The van der Waals surface area contributed by atoms with Crippen LogP contribution in [0.25, 0.3) is 0 Å². The molecule has 2 unspecified atom stereocenters. The van der Waals surface area contributed by atoms with E-state index in [1.54, 1.807) is 0 Å². The summed E-state index contributed by atoms with van der Waals surface area (Å²) in [5, 5.41) is 14.0. The molecule has 1 aromatic heterocycles. The van der Waals surface area contributed by atoms with E-state index in [9.17, 15) is 10.1 Å². The quantitative estimate of drug-likeness (QED) is 0.664. The van der Waals surface area contributed by atoms with Gasteiger partial charge in [-0.2, -0.15) is 0 Å². The predicted octanol–water partition coefficient (Wildman–Crippen LogP) is 3.04. The Labute approximate surface area is 132 Å². The van der Waals surface area contributed by atoms with Crippen LogP contribution in [-0.2, 0) is 0 Å². The Morgan fingerprint density at radius 1 is 1.48 bits per heavy atom. The lowest BCUT2D eigenvalue weighted by Crippen LogP contribution is -2.41. The maximum absolute atomic E-state index is 10.7.